The predicted octanol–water partition coefficient (Wildman–Crippen LogP) is 1.16. The third-order valence-corrected chi connectivity index (χ3v) is 2.99. The molecule has 19 heavy (non-hydrogen) atoms. The van der Waals surface area contributed by atoms with Crippen LogP contribution < -0.4 is 10.6 Å². The van der Waals surface area contributed by atoms with Gasteiger partial charge in [-0.1, -0.05) is 0 Å². The lowest BCUT2D eigenvalue weighted by Crippen LogP contribution is -2.35. The minimum Gasteiger partial charge on any atom is -0.383 e. The van der Waals surface area contributed by atoms with Crippen molar-refractivity contribution in [2.45, 2.75) is 12.5 Å². The number of hydrogen-bond acceptors (Lipinski definition) is 5. The number of benzene rings is 1. The van der Waals surface area contributed by atoms with Gasteiger partial charge in [0.05, 0.1) is 17.6 Å². The number of nitro groups is 1. The maximum atomic E-state index is 12.0. The molecule has 0 radical (unpaired) electrons. The lowest BCUT2D eigenvalue weighted by molar-refractivity contribution is -0.383. The molecule has 0 saturated carbocycles. The van der Waals surface area contributed by atoms with Crippen LogP contribution in [0.4, 0.5) is 11.4 Å². The van der Waals surface area contributed by atoms with E-state index in [0.717, 1.165) is 6.42 Å². The van der Waals surface area contributed by atoms with E-state index in [2.05, 4.69) is 10.6 Å². The third kappa shape index (κ3) is 3.00. The van der Waals surface area contributed by atoms with Crippen molar-refractivity contribution < 1.29 is 14.5 Å². The molecule has 7 heteroatoms. The van der Waals surface area contributed by atoms with E-state index in [1.807, 2.05) is 0 Å². The highest BCUT2D eigenvalue weighted by Gasteiger charge is 2.20. The van der Waals surface area contributed by atoms with Crippen molar-refractivity contribution in [1.29, 1.82) is 0 Å². The monoisotopic (exact) mass is 265 g/mol. The Morgan fingerprint density at radius 2 is 2.32 bits per heavy atom. The van der Waals surface area contributed by atoms with Crippen molar-refractivity contribution >= 4 is 17.3 Å². The summed E-state index contributed by atoms with van der Waals surface area (Å²) in [6.45, 7) is 1.16. The topological polar surface area (TPSA) is 93.5 Å². The van der Waals surface area contributed by atoms with Crippen LogP contribution in [0.1, 0.15) is 16.8 Å². The van der Waals surface area contributed by atoms with Crippen LogP contribution in [0.2, 0.25) is 0 Å². The van der Waals surface area contributed by atoms with Gasteiger partial charge in [0, 0.05) is 25.3 Å². The molecule has 102 valence electrons. The molecule has 7 nitrogen and oxygen atoms in total. The number of carbonyl (C=O) groups excluding carboxylic acids is 1. The van der Waals surface area contributed by atoms with Gasteiger partial charge in [-0.2, -0.15) is 0 Å². The summed E-state index contributed by atoms with van der Waals surface area (Å²) in [5.41, 5.74) is 0.658. The zero-order valence-corrected chi connectivity index (χ0v) is 10.5. The number of nitrogens with zero attached hydrogens (tertiary/aromatic N) is 1. The highest BCUT2D eigenvalue weighted by Crippen LogP contribution is 2.25. The molecule has 1 fully saturated rings. The van der Waals surface area contributed by atoms with Gasteiger partial charge in [0.25, 0.3) is 11.6 Å². The fourth-order valence-corrected chi connectivity index (χ4v) is 1.95. The quantitative estimate of drug-likeness (QED) is 0.629. The number of anilines is 1. The molecule has 0 aromatic heterocycles. The average Bonchev–Trinajstić information content (AvgIpc) is 2.90. The Balaban J connectivity index is 2.15. The summed E-state index contributed by atoms with van der Waals surface area (Å²) in [5.74, 6) is -0.248. The fraction of sp³-hybridized carbons (Fsp3) is 0.417. The van der Waals surface area contributed by atoms with Crippen molar-refractivity contribution in [3.05, 3.63) is 33.9 Å². The van der Waals surface area contributed by atoms with Crippen molar-refractivity contribution in [2.75, 3.05) is 25.6 Å². The summed E-state index contributed by atoms with van der Waals surface area (Å²) in [6, 6.07) is 4.26. The highest BCUT2D eigenvalue weighted by molar-refractivity contribution is 5.96. The van der Waals surface area contributed by atoms with Crippen LogP contribution in [-0.4, -0.2) is 37.1 Å². The molecule has 1 amide bonds. The second-order valence-electron chi connectivity index (χ2n) is 4.27. The van der Waals surface area contributed by atoms with Gasteiger partial charge in [0.15, 0.2) is 0 Å². The van der Waals surface area contributed by atoms with Crippen molar-refractivity contribution in [2.24, 2.45) is 0 Å². The molecule has 1 aliphatic heterocycles. The average molecular weight is 265 g/mol. The Kier molecular flexibility index (Phi) is 3.96. The summed E-state index contributed by atoms with van der Waals surface area (Å²) in [6.07, 6.45) is 0.789. The van der Waals surface area contributed by atoms with Crippen LogP contribution >= 0.6 is 0 Å². The van der Waals surface area contributed by atoms with E-state index in [4.69, 9.17) is 4.74 Å². The second kappa shape index (κ2) is 5.66. The standard InChI is InChI=1S/C12H15N3O4/c1-13-10-6-8(2-3-11(10)15(17)18)12(16)14-9-4-5-19-7-9/h2-3,6,9,13H,4-5,7H2,1H3,(H,14,16). The third-order valence-electron chi connectivity index (χ3n) is 2.99. The first-order valence-corrected chi connectivity index (χ1v) is 5.96. The molecular formula is C12H15N3O4. The summed E-state index contributed by atoms with van der Waals surface area (Å²) in [5, 5.41) is 16.3. The minimum atomic E-state index is -0.488. The van der Waals surface area contributed by atoms with Gasteiger partial charge >= 0.3 is 0 Å². The Labute approximate surface area is 110 Å². The van der Waals surface area contributed by atoms with Crippen LogP contribution in [0.5, 0.6) is 0 Å². The zero-order valence-electron chi connectivity index (χ0n) is 10.5. The molecule has 1 aromatic rings. The molecule has 0 spiro atoms. The van der Waals surface area contributed by atoms with E-state index in [-0.39, 0.29) is 17.6 Å². The van der Waals surface area contributed by atoms with Crippen LogP contribution in [0, 0.1) is 10.1 Å². The van der Waals surface area contributed by atoms with Crippen molar-refractivity contribution in [1.82, 2.24) is 5.32 Å². The molecule has 2 rings (SSSR count). The summed E-state index contributed by atoms with van der Waals surface area (Å²) >= 11 is 0. The van der Waals surface area contributed by atoms with E-state index >= 15 is 0 Å². The first kappa shape index (κ1) is 13.3. The first-order chi connectivity index (χ1) is 9.11. The molecule has 1 unspecified atom stereocenters. The summed E-state index contributed by atoms with van der Waals surface area (Å²) in [4.78, 5) is 22.3. The molecule has 1 aromatic carbocycles. The highest BCUT2D eigenvalue weighted by atomic mass is 16.6. The predicted molar refractivity (Wildman–Crippen MR) is 69.3 cm³/mol. The number of rotatable bonds is 4. The maximum absolute atomic E-state index is 12.0. The minimum absolute atomic E-state index is 0.0146. The number of nitro benzene ring substituents is 1. The lowest BCUT2D eigenvalue weighted by Gasteiger charge is -2.11. The number of hydrogen-bond donors (Lipinski definition) is 2. The fourth-order valence-electron chi connectivity index (χ4n) is 1.95. The van der Waals surface area contributed by atoms with Crippen molar-refractivity contribution in [3.63, 3.8) is 0 Å². The van der Waals surface area contributed by atoms with Crippen LogP contribution in [0.25, 0.3) is 0 Å². The number of amides is 1. The van der Waals surface area contributed by atoms with E-state index < -0.39 is 4.92 Å². The molecule has 0 bridgehead atoms. The smallest absolute Gasteiger partial charge is 0.292 e. The maximum Gasteiger partial charge on any atom is 0.292 e. The van der Waals surface area contributed by atoms with Gasteiger partial charge in [-0.05, 0) is 18.6 Å². The first-order valence-electron chi connectivity index (χ1n) is 5.96. The van der Waals surface area contributed by atoms with Gasteiger partial charge in [-0.15, -0.1) is 0 Å². The van der Waals surface area contributed by atoms with E-state index in [0.29, 0.717) is 24.5 Å². The number of carbonyl (C=O) groups is 1. The summed E-state index contributed by atoms with van der Waals surface area (Å²) in [7, 11) is 1.58. The number of nitrogens with one attached hydrogen (secondary N) is 2. The molecule has 0 aliphatic carbocycles. The Morgan fingerprint density at radius 3 is 2.89 bits per heavy atom. The second-order valence-corrected chi connectivity index (χ2v) is 4.27. The largest absolute Gasteiger partial charge is 0.383 e. The SMILES string of the molecule is CNc1cc(C(=O)NC2CCOC2)ccc1[N+](=O)[O-]. The van der Waals surface area contributed by atoms with Crippen LogP contribution in [0.3, 0.4) is 0 Å². The number of ether oxygens (including phenoxy) is 1. The molecule has 1 saturated heterocycles. The Morgan fingerprint density at radius 1 is 1.53 bits per heavy atom. The van der Waals surface area contributed by atoms with Gasteiger partial charge in [0.2, 0.25) is 0 Å². The Bertz CT molecular complexity index is 498. The normalized spacial score (nSPS) is 18.1. The van der Waals surface area contributed by atoms with Crippen LogP contribution in [-0.2, 0) is 4.74 Å². The molecule has 1 aliphatic rings. The van der Waals surface area contributed by atoms with Gasteiger partial charge in [-0.3, -0.25) is 14.9 Å². The molecule has 1 atom stereocenters. The lowest BCUT2D eigenvalue weighted by atomic mass is 10.1. The van der Waals surface area contributed by atoms with Crippen molar-refractivity contribution in [3.8, 4) is 0 Å². The van der Waals surface area contributed by atoms with E-state index in [1.54, 1.807) is 7.05 Å². The van der Waals surface area contributed by atoms with Gasteiger partial charge < -0.3 is 15.4 Å². The molecule has 2 N–H and O–H groups in total. The van der Waals surface area contributed by atoms with E-state index in [9.17, 15) is 14.9 Å². The van der Waals surface area contributed by atoms with Crippen LogP contribution in [0.15, 0.2) is 18.2 Å². The van der Waals surface area contributed by atoms with E-state index in [1.165, 1.54) is 18.2 Å². The van der Waals surface area contributed by atoms with Gasteiger partial charge in [0.1, 0.15) is 5.69 Å². The summed E-state index contributed by atoms with van der Waals surface area (Å²) < 4.78 is 5.17. The van der Waals surface area contributed by atoms with Gasteiger partial charge in [-0.25, -0.2) is 0 Å². The zero-order chi connectivity index (χ0) is 13.8. The molecular weight excluding hydrogens is 250 g/mol. The Hall–Kier alpha value is -2.15. The molecule has 1 heterocycles.